The first-order valence-electron chi connectivity index (χ1n) is 6.21. The Morgan fingerprint density at radius 1 is 1.53 bits per heavy atom. The predicted octanol–water partition coefficient (Wildman–Crippen LogP) is 1.86. The molecule has 3 heteroatoms. The van der Waals surface area contributed by atoms with Crippen molar-refractivity contribution in [3.05, 3.63) is 29.8 Å². The van der Waals surface area contributed by atoms with Crippen molar-refractivity contribution in [1.29, 1.82) is 0 Å². The summed E-state index contributed by atoms with van der Waals surface area (Å²) in [7, 11) is 2.11. The Hall–Kier alpha value is -1.06. The number of aliphatic hydroxyl groups excluding tert-OH is 1. The van der Waals surface area contributed by atoms with E-state index < -0.39 is 0 Å². The van der Waals surface area contributed by atoms with Crippen LogP contribution in [0.15, 0.2) is 24.3 Å². The van der Waals surface area contributed by atoms with E-state index in [0.717, 1.165) is 18.7 Å². The minimum atomic E-state index is -0.192. The molecule has 0 aliphatic carbocycles. The molecule has 2 rings (SSSR count). The SMILES string of the molecule is Cc1cccc(NC2(CO)CC(C)N(C)C2)c1. The van der Waals surface area contributed by atoms with Gasteiger partial charge in [0.15, 0.2) is 0 Å². The molecular weight excluding hydrogens is 212 g/mol. The van der Waals surface area contributed by atoms with Gasteiger partial charge >= 0.3 is 0 Å². The maximum Gasteiger partial charge on any atom is 0.0745 e. The van der Waals surface area contributed by atoms with Gasteiger partial charge in [-0.15, -0.1) is 0 Å². The van der Waals surface area contributed by atoms with Crippen molar-refractivity contribution in [3.63, 3.8) is 0 Å². The molecule has 1 heterocycles. The molecule has 1 fully saturated rings. The summed E-state index contributed by atoms with van der Waals surface area (Å²) in [6, 6.07) is 8.83. The average molecular weight is 234 g/mol. The molecule has 2 atom stereocenters. The molecule has 94 valence electrons. The number of aryl methyl sites for hydroxylation is 1. The molecule has 1 aliphatic heterocycles. The number of likely N-dealkylation sites (tertiary alicyclic amines) is 1. The number of likely N-dealkylation sites (N-methyl/N-ethyl adjacent to an activating group) is 1. The summed E-state index contributed by atoms with van der Waals surface area (Å²) in [4.78, 5) is 2.29. The second-order valence-electron chi connectivity index (χ2n) is 5.40. The van der Waals surface area contributed by atoms with E-state index in [2.05, 4.69) is 49.3 Å². The summed E-state index contributed by atoms with van der Waals surface area (Å²) in [5, 5.41) is 13.2. The van der Waals surface area contributed by atoms with E-state index in [-0.39, 0.29) is 12.1 Å². The summed E-state index contributed by atoms with van der Waals surface area (Å²) in [5.74, 6) is 0. The van der Waals surface area contributed by atoms with E-state index in [4.69, 9.17) is 0 Å². The van der Waals surface area contributed by atoms with Crippen LogP contribution in [0.3, 0.4) is 0 Å². The molecule has 1 aromatic rings. The molecule has 1 aromatic carbocycles. The molecule has 1 aliphatic rings. The van der Waals surface area contributed by atoms with E-state index in [1.54, 1.807) is 0 Å². The highest BCUT2D eigenvalue weighted by molar-refractivity contribution is 5.48. The first-order chi connectivity index (χ1) is 8.04. The summed E-state index contributed by atoms with van der Waals surface area (Å²) in [6.45, 7) is 5.35. The van der Waals surface area contributed by atoms with Gasteiger partial charge in [0, 0.05) is 18.3 Å². The quantitative estimate of drug-likeness (QED) is 0.838. The van der Waals surface area contributed by atoms with E-state index in [0.29, 0.717) is 6.04 Å². The first kappa shape index (κ1) is 12.4. The van der Waals surface area contributed by atoms with E-state index in [9.17, 15) is 5.11 Å². The van der Waals surface area contributed by atoms with Crippen molar-refractivity contribution in [2.75, 3.05) is 25.5 Å². The van der Waals surface area contributed by atoms with Crippen molar-refractivity contribution in [2.24, 2.45) is 0 Å². The van der Waals surface area contributed by atoms with Gasteiger partial charge in [0.2, 0.25) is 0 Å². The zero-order valence-corrected chi connectivity index (χ0v) is 10.9. The van der Waals surface area contributed by atoms with Gasteiger partial charge in [-0.3, -0.25) is 0 Å². The Morgan fingerprint density at radius 2 is 2.29 bits per heavy atom. The van der Waals surface area contributed by atoms with Crippen molar-refractivity contribution >= 4 is 5.69 Å². The van der Waals surface area contributed by atoms with E-state index in [1.807, 2.05) is 6.07 Å². The van der Waals surface area contributed by atoms with Crippen LogP contribution in [0.4, 0.5) is 5.69 Å². The van der Waals surface area contributed by atoms with Gasteiger partial charge in [0.25, 0.3) is 0 Å². The van der Waals surface area contributed by atoms with Gasteiger partial charge in [-0.25, -0.2) is 0 Å². The van der Waals surface area contributed by atoms with Gasteiger partial charge in [-0.2, -0.15) is 0 Å². The van der Waals surface area contributed by atoms with Gasteiger partial charge in [0.05, 0.1) is 12.1 Å². The summed E-state index contributed by atoms with van der Waals surface area (Å²) in [6.07, 6.45) is 0.980. The van der Waals surface area contributed by atoms with E-state index in [1.165, 1.54) is 5.56 Å². The third-order valence-electron chi connectivity index (χ3n) is 3.72. The van der Waals surface area contributed by atoms with E-state index >= 15 is 0 Å². The van der Waals surface area contributed by atoms with Gasteiger partial charge in [-0.05, 0) is 45.0 Å². The van der Waals surface area contributed by atoms with Crippen LogP contribution >= 0.6 is 0 Å². The molecule has 0 spiro atoms. The zero-order valence-electron chi connectivity index (χ0n) is 10.9. The predicted molar refractivity (Wildman–Crippen MR) is 71.3 cm³/mol. The Balaban J connectivity index is 2.16. The Morgan fingerprint density at radius 3 is 2.82 bits per heavy atom. The standard InChI is InChI=1S/C14H22N2O/c1-11-5-4-6-13(7-11)15-14(10-17)8-12(2)16(3)9-14/h4-7,12,15,17H,8-10H2,1-3H3. The topological polar surface area (TPSA) is 35.5 Å². The zero-order chi connectivity index (χ0) is 12.5. The highest BCUT2D eigenvalue weighted by atomic mass is 16.3. The molecule has 0 saturated carbocycles. The highest BCUT2D eigenvalue weighted by Gasteiger charge is 2.40. The fourth-order valence-corrected chi connectivity index (χ4v) is 2.69. The summed E-state index contributed by atoms with van der Waals surface area (Å²) in [5.41, 5.74) is 2.14. The van der Waals surface area contributed by atoms with Crippen molar-refractivity contribution in [1.82, 2.24) is 4.90 Å². The van der Waals surface area contributed by atoms with Crippen LogP contribution in [0.5, 0.6) is 0 Å². The monoisotopic (exact) mass is 234 g/mol. The maximum absolute atomic E-state index is 9.69. The number of anilines is 1. The second kappa shape index (κ2) is 4.67. The van der Waals surface area contributed by atoms with Crippen LogP contribution in [0.2, 0.25) is 0 Å². The maximum atomic E-state index is 9.69. The lowest BCUT2D eigenvalue weighted by atomic mass is 9.96. The van der Waals surface area contributed by atoms with Crippen molar-refractivity contribution in [3.8, 4) is 0 Å². The fraction of sp³-hybridized carbons (Fsp3) is 0.571. The lowest BCUT2D eigenvalue weighted by molar-refractivity contribution is 0.212. The number of benzene rings is 1. The third-order valence-corrected chi connectivity index (χ3v) is 3.72. The Labute approximate surface area is 103 Å². The third kappa shape index (κ3) is 2.61. The normalized spacial score (nSPS) is 29.5. The smallest absolute Gasteiger partial charge is 0.0745 e. The van der Waals surface area contributed by atoms with Gasteiger partial charge in [0.1, 0.15) is 0 Å². The van der Waals surface area contributed by atoms with Crippen LogP contribution in [-0.2, 0) is 0 Å². The molecule has 17 heavy (non-hydrogen) atoms. The summed E-state index contributed by atoms with van der Waals surface area (Å²) >= 11 is 0. The largest absolute Gasteiger partial charge is 0.394 e. The number of aliphatic hydroxyl groups is 1. The molecule has 2 unspecified atom stereocenters. The minimum absolute atomic E-state index is 0.176. The number of nitrogens with zero attached hydrogens (tertiary/aromatic N) is 1. The first-order valence-corrected chi connectivity index (χ1v) is 6.21. The fourth-order valence-electron chi connectivity index (χ4n) is 2.69. The lowest BCUT2D eigenvalue weighted by Gasteiger charge is -2.29. The molecule has 3 nitrogen and oxygen atoms in total. The minimum Gasteiger partial charge on any atom is -0.394 e. The molecule has 0 bridgehead atoms. The molecular formula is C14H22N2O. The molecule has 0 radical (unpaired) electrons. The molecule has 0 amide bonds. The van der Waals surface area contributed by atoms with Crippen molar-refractivity contribution < 1.29 is 5.11 Å². The lowest BCUT2D eigenvalue weighted by Crippen LogP contribution is -2.44. The number of nitrogens with one attached hydrogen (secondary N) is 1. The van der Waals surface area contributed by atoms with Crippen LogP contribution in [0, 0.1) is 6.92 Å². The van der Waals surface area contributed by atoms with Crippen molar-refractivity contribution in [2.45, 2.75) is 31.8 Å². The Kier molecular flexibility index (Phi) is 3.40. The number of hydrogen-bond acceptors (Lipinski definition) is 3. The van der Waals surface area contributed by atoms with Gasteiger partial charge in [-0.1, -0.05) is 12.1 Å². The summed E-state index contributed by atoms with van der Waals surface area (Å²) < 4.78 is 0. The number of rotatable bonds is 3. The van der Waals surface area contributed by atoms with Crippen LogP contribution < -0.4 is 5.32 Å². The van der Waals surface area contributed by atoms with Crippen LogP contribution in [0.25, 0.3) is 0 Å². The molecule has 1 saturated heterocycles. The second-order valence-corrected chi connectivity index (χ2v) is 5.40. The van der Waals surface area contributed by atoms with Gasteiger partial charge < -0.3 is 15.3 Å². The average Bonchev–Trinajstić information content (AvgIpc) is 2.55. The number of hydrogen-bond donors (Lipinski definition) is 2. The molecule has 0 aromatic heterocycles. The van der Waals surface area contributed by atoms with Crippen LogP contribution in [0.1, 0.15) is 18.9 Å². The van der Waals surface area contributed by atoms with Crippen LogP contribution in [-0.4, -0.2) is 41.8 Å². The molecule has 2 N–H and O–H groups in total. The Bertz CT molecular complexity index is 382. The highest BCUT2D eigenvalue weighted by Crippen LogP contribution is 2.29.